The normalized spacial score (nSPS) is 9.00. The first-order valence-electron chi connectivity index (χ1n) is 3.27. The minimum Gasteiger partial charge on any atom is -0.759 e. The van der Waals surface area contributed by atoms with Crippen molar-refractivity contribution in [1.29, 1.82) is 0 Å². The second kappa shape index (κ2) is 7.95. The van der Waals surface area contributed by atoms with E-state index in [1.807, 2.05) is 36.4 Å². The van der Waals surface area contributed by atoms with Crippen molar-refractivity contribution >= 4 is 39.5 Å². The molecule has 0 bridgehead atoms. The Morgan fingerprint density at radius 1 is 1.14 bits per heavy atom. The minimum atomic E-state index is -5.17. The van der Waals surface area contributed by atoms with Crippen molar-refractivity contribution in [3.63, 3.8) is 0 Å². The van der Waals surface area contributed by atoms with Gasteiger partial charge in [0.2, 0.25) is 0 Å². The minimum absolute atomic E-state index is 0. The Labute approximate surface area is 99.4 Å². The number of hydrogen-bond acceptors (Lipinski definition) is 4. The van der Waals surface area contributed by atoms with Crippen molar-refractivity contribution in [3.05, 3.63) is 42.5 Å². The van der Waals surface area contributed by atoms with Gasteiger partial charge in [-0.25, -0.2) is 0 Å². The van der Waals surface area contributed by atoms with Crippen LogP contribution in [0.2, 0.25) is 0 Å². The van der Waals surface area contributed by atoms with Crippen molar-refractivity contribution in [2.75, 3.05) is 0 Å². The van der Waals surface area contributed by atoms with E-state index in [1.165, 1.54) is 5.56 Å². The van der Waals surface area contributed by atoms with E-state index in [4.69, 9.17) is 17.5 Å². The molecule has 6 heteroatoms. The summed E-state index contributed by atoms with van der Waals surface area (Å²) in [5.74, 6) is 0. The van der Waals surface area contributed by atoms with Gasteiger partial charge < -0.3 is 9.11 Å². The van der Waals surface area contributed by atoms with Crippen LogP contribution in [0.3, 0.4) is 0 Å². The number of benzene rings is 1. The Kier molecular flexibility index (Phi) is 9.11. The first-order chi connectivity index (χ1) is 5.93. The smallest absolute Gasteiger partial charge is 0.759 e. The topological polar surface area (TPSA) is 80.3 Å². The van der Waals surface area contributed by atoms with Crippen molar-refractivity contribution in [1.82, 2.24) is 0 Å². The summed E-state index contributed by atoms with van der Waals surface area (Å²) in [6, 6.07) is 10.0. The van der Waals surface area contributed by atoms with E-state index >= 15 is 0 Å². The van der Waals surface area contributed by atoms with Crippen LogP contribution >= 0.6 is 0 Å². The first kappa shape index (κ1) is 16.0. The van der Waals surface area contributed by atoms with Crippen LogP contribution in [0.25, 0.3) is 6.08 Å². The Balaban J connectivity index is 0. The predicted octanol–water partition coefficient (Wildman–Crippen LogP) is 0.611. The van der Waals surface area contributed by atoms with E-state index in [2.05, 4.69) is 6.58 Å². The molecule has 0 saturated heterocycles. The average Bonchev–Trinajstić information content (AvgIpc) is 2.03. The summed E-state index contributed by atoms with van der Waals surface area (Å²) >= 11 is 0. The second-order valence-corrected chi connectivity index (χ2v) is 2.84. The van der Waals surface area contributed by atoms with Crippen LogP contribution in [0.1, 0.15) is 5.56 Å². The van der Waals surface area contributed by atoms with Gasteiger partial charge in [-0.2, -0.15) is 0 Å². The molecule has 0 radical (unpaired) electrons. The summed E-state index contributed by atoms with van der Waals surface area (Å²) in [7, 11) is -5.17. The molecule has 0 heterocycles. The van der Waals surface area contributed by atoms with E-state index in [9.17, 15) is 0 Å². The van der Waals surface area contributed by atoms with Gasteiger partial charge in [-0.15, -0.1) is 0 Å². The van der Waals surface area contributed by atoms with Gasteiger partial charge in [-0.1, -0.05) is 43.0 Å². The third-order valence-corrected chi connectivity index (χ3v) is 1.04. The molecular weight excluding hydrogens is 216 g/mol. The van der Waals surface area contributed by atoms with Crippen LogP contribution in [0.4, 0.5) is 0 Å². The van der Waals surface area contributed by atoms with Crippen LogP contribution in [0.15, 0.2) is 36.9 Å². The molecule has 4 nitrogen and oxygen atoms in total. The summed E-state index contributed by atoms with van der Waals surface area (Å²) < 4.78 is 34.1. The van der Waals surface area contributed by atoms with Crippen molar-refractivity contribution in [3.8, 4) is 0 Å². The molecule has 1 rings (SSSR count). The summed E-state index contributed by atoms with van der Waals surface area (Å²) in [4.78, 5) is 0. The summed E-state index contributed by atoms with van der Waals surface area (Å²) in [6.07, 6.45) is 1.83. The van der Waals surface area contributed by atoms with E-state index in [1.54, 1.807) is 0 Å². The van der Waals surface area contributed by atoms with Crippen molar-refractivity contribution < 1.29 is 17.5 Å². The molecule has 0 aliphatic rings. The van der Waals surface area contributed by atoms with Gasteiger partial charge in [0.1, 0.15) is 0 Å². The van der Waals surface area contributed by atoms with Gasteiger partial charge in [0.05, 0.1) is 0 Å². The molecule has 0 aromatic heterocycles. The Hall–Kier alpha value is -0.404. The second-order valence-electron chi connectivity index (χ2n) is 2.02. The van der Waals surface area contributed by atoms with Gasteiger partial charge in [-0.05, 0) is 5.56 Å². The molecule has 0 aliphatic carbocycles. The fourth-order valence-corrected chi connectivity index (χ4v) is 0.589. The molecule has 14 heavy (non-hydrogen) atoms. The predicted molar refractivity (Wildman–Crippen MR) is 52.8 cm³/mol. The Morgan fingerprint density at radius 2 is 1.50 bits per heavy atom. The van der Waals surface area contributed by atoms with E-state index in [-0.39, 0.29) is 23.1 Å². The molecule has 0 fully saturated rings. The zero-order valence-electron chi connectivity index (χ0n) is 7.42. The summed E-state index contributed by atoms with van der Waals surface area (Å²) in [6.45, 7) is 3.63. The molecule has 0 N–H and O–H groups in total. The monoisotopic (exact) mass is 224 g/mol. The van der Waals surface area contributed by atoms with Crippen LogP contribution < -0.4 is 0 Å². The summed E-state index contributed by atoms with van der Waals surface area (Å²) in [5.41, 5.74) is 1.17. The van der Waals surface area contributed by atoms with E-state index in [0.717, 1.165) is 0 Å². The molecular formula is C8H8MgO4S. The fraction of sp³-hybridized carbons (Fsp3) is 0. The maximum absolute atomic E-state index is 8.52. The van der Waals surface area contributed by atoms with Crippen LogP contribution in [0.5, 0.6) is 0 Å². The van der Waals surface area contributed by atoms with Gasteiger partial charge in [0, 0.05) is 10.4 Å². The molecule has 0 unspecified atom stereocenters. The maximum atomic E-state index is 8.52. The Bertz CT molecular complexity index is 339. The van der Waals surface area contributed by atoms with Crippen LogP contribution in [0, 0.1) is 0 Å². The van der Waals surface area contributed by atoms with Crippen LogP contribution in [-0.4, -0.2) is 40.6 Å². The van der Waals surface area contributed by atoms with E-state index in [0.29, 0.717) is 0 Å². The third-order valence-electron chi connectivity index (χ3n) is 1.04. The number of rotatable bonds is 1. The van der Waals surface area contributed by atoms with Gasteiger partial charge >= 0.3 is 23.1 Å². The van der Waals surface area contributed by atoms with Crippen molar-refractivity contribution in [2.45, 2.75) is 0 Å². The quantitative estimate of drug-likeness (QED) is 0.398. The molecule has 1 aromatic carbocycles. The standard InChI is InChI=1S/C8H8.Mg.H2O4S/c1-2-8-6-4-3-5-7-8;;1-5(2,3)4/h2-7H,1H2;;(H2,1,2,3,4)/q;+2;/p-2. The molecule has 0 atom stereocenters. The maximum Gasteiger partial charge on any atom is 2.00 e. The van der Waals surface area contributed by atoms with Gasteiger partial charge in [-0.3, -0.25) is 8.42 Å². The molecule has 72 valence electrons. The average molecular weight is 225 g/mol. The zero-order valence-corrected chi connectivity index (χ0v) is 9.65. The molecule has 0 amide bonds. The zero-order chi connectivity index (χ0) is 10.3. The molecule has 0 spiro atoms. The number of hydrogen-bond donors (Lipinski definition) is 0. The Morgan fingerprint density at radius 3 is 1.71 bits per heavy atom. The van der Waals surface area contributed by atoms with Crippen LogP contribution in [-0.2, 0) is 10.4 Å². The summed E-state index contributed by atoms with van der Waals surface area (Å²) in [5, 5.41) is 0. The fourth-order valence-electron chi connectivity index (χ4n) is 0.589. The molecule has 1 aromatic rings. The molecule has 0 saturated carbocycles. The van der Waals surface area contributed by atoms with E-state index < -0.39 is 10.4 Å². The SMILES string of the molecule is C=Cc1ccccc1.O=S(=O)([O-])[O-].[Mg+2]. The largest absolute Gasteiger partial charge is 2.00 e. The molecule has 0 aliphatic heterocycles. The van der Waals surface area contributed by atoms with Crippen molar-refractivity contribution in [2.24, 2.45) is 0 Å². The van der Waals surface area contributed by atoms with Gasteiger partial charge in [0.15, 0.2) is 0 Å². The first-order valence-corrected chi connectivity index (χ1v) is 4.61. The third kappa shape index (κ3) is 14.1. The van der Waals surface area contributed by atoms with Gasteiger partial charge in [0.25, 0.3) is 0 Å².